The van der Waals surface area contributed by atoms with E-state index in [1.807, 2.05) is 12.3 Å². The fraction of sp³-hybridized carbons (Fsp3) is 0.625. The van der Waals surface area contributed by atoms with E-state index in [1.165, 1.54) is 18.4 Å². The van der Waals surface area contributed by atoms with Gasteiger partial charge in [-0.2, -0.15) is 0 Å². The number of rotatable bonds is 4. The van der Waals surface area contributed by atoms with Gasteiger partial charge in [0.05, 0.1) is 0 Å². The molecule has 1 saturated carbocycles. The third-order valence-corrected chi connectivity index (χ3v) is 4.09. The van der Waals surface area contributed by atoms with Crippen molar-refractivity contribution in [2.45, 2.75) is 46.0 Å². The lowest BCUT2D eigenvalue weighted by Crippen LogP contribution is -2.34. The fourth-order valence-electron chi connectivity index (χ4n) is 2.90. The van der Waals surface area contributed by atoms with Gasteiger partial charge in [0, 0.05) is 30.8 Å². The molecular weight excluding hydrogens is 236 g/mol. The summed E-state index contributed by atoms with van der Waals surface area (Å²) >= 11 is 0. The van der Waals surface area contributed by atoms with Gasteiger partial charge in [-0.25, -0.2) is 0 Å². The molecule has 0 aromatic carbocycles. The van der Waals surface area contributed by atoms with E-state index in [4.69, 9.17) is 0 Å². The average molecular weight is 260 g/mol. The van der Waals surface area contributed by atoms with Gasteiger partial charge in [0.15, 0.2) is 0 Å². The van der Waals surface area contributed by atoms with Crippen LogP contribution in [0.5, 0.6) is 0 Å². The number of pyridine rings is 1. The van der Waals surface area contributed by atoms with Crippen LogP contribution in [0.15, 0.2) is 18.3 Å². The van der Waals surface area contributed by atoms with Crippen LogP contribution >= 0.6 is 0 Å². The van der Waals surface area contributed by atoms with Crippen molar-refractivity contribution < 1.29 is 4.79 Å². The predicted molar refractivity (Wildman–Crippen MR) is 76.8 cm³/mol. The number of carbonyl (C=O) groups is 1. The first-order valence-corrected chi connectivity index (χ1v) is 7.35. The topological polar surface area (TPSA) is 42.0 Å². The van der Waals surface area contributed by atoms with Crippen LogP contribution in [0.4, 0.5) is 0 Å². The van der Waals surface area contributed by atoms with Crippen molar-refractivity contribution in [1.82, 2.24) is 10.3 Å². The molecule has 2 atom stereocenters. The summed E-state index contributed by atoms with van der Waals surface area (Å²) in [5.41, 5.74) is 2.28. The molecule has 1 amide bonds. The van der Waals surface area contributed by atoms with Crippen LogP contribution in [0, 0.1) is 18.8 Å². The Morgan fingerprint density at radius 3 is 3.05 bits per heavy atom. The zero-order valence-corrected chi connectivity index (χ0v) is 12.0. The highest BCUT2D eigenvalue weighted by Gasteiger charge is 2.24. The van der Waals surface area contributed by atoms with Gasteiger partial charge >= 0.3 is 0 Å². The Bertz CT molecular complexity index is 431. The standard InChI is InChI=1S/C16H24N2O/c1-12-5-3-7-14(11-12)16(19)18-10-8-15-13(2)6-4-9-17-15/h4,6,9,12,14H,3,5,7-8,10-11H2,1-2H3,(H,18,19). The van der Waals surface area contributed by atoms with Gasteiger partial charge in [-0.05, 0) is 37.3 Å². The summed E-state index contributed by atoms with van der Waals surface area (Å²) in [5.74, 6) is 1.16. The molecule has 2 rings (SSSR count). The van der Waals surface area contributed by atoms with E-state index in [0.717, 1.165) is 25.0 Å². The highest BCUT2D eigenvalue weighted by atomic mass is 16.1. The number of nitrogens with zero attached hydrogens (tertiary/aromatic N) is 1. The molecule has 1 heterocycles. The van der Waals surface area contributed by atoms with E-state index >= 15 is 0 Å². The van der Waals surface area contributed by atoms with Crippen molar-refractivity contribution in [3.8, 4) is 0 Å². The minimum atomic E-state index is 0.230. The number of carbonyl (C=O) groups excluding carboxylic acids is 1. The average Bonchev–Trinajstić information content (AvgIpc) is 2.41. The van der Waals surface area contributed by atoms with Crippen LogP contribution in [0.25, 0.3) is 0 Å². The van der Waals surface area contributed by atoms with Crippen molar-refractivity contribution in [2.24, 2.45) is 11.8 Å². The lowest BCUT2D eigenvalue weighted by Gasteiger charge is -2.25. The molecule has 1 aliphatic rings. The summed E-state index contributed by atoms with van der Waals surface area (Å²) < 4.78 is 0. The molecule has 3 nitrogen and oxygen atoms in total. The van der Waals surface area contributed by atoms with Crippen LogP contribution < -0.4 is 5.32 Å². The van der Waals surface area contributed by atoms with E-state index in [1.54, 1.807) is 0 Å². The Kier molecular flexibility index (Phi) is 4.94. The Morgan fingerprint density at radius 2 is 2.32 bits per heavy atom. The van der Waals surface area contributed by atoms with E-state index < -0.39 is 0 Å². The van der Waals surface area contributed by atoms with Crippen molar-refractivity contribution in [1.29, 1.82) is 0 Å². The molecule has 0 spiro atoms. The van der Waals surface area contributed by atoms with Gasteiger partial charge in [-0.3, -0.25) is 9.78 Å². The van der Waals surface area contributed by atoms with Gasteiger partial charge in [-0.15, -0.1) is 0 Å². The Labute approximate surface area is 115 Å². The minimum Gasteiger partial charge on any atom is -0.355 e. The number of aromatic nitrogens is 1. The first kappa shape index (κ1) is 14.0. The van der Waals surface area contributed by atoms with Crippen LogP contribution in [0.1, 0.15) is 43.9 Å². The third-order valence-electron chi connectivity index (χ3n) is 4.09. The predicted octanol–water partition coefficient (Wildman–Crippen LogP) is 2.88. The molecule has 1 aliphatic carbocycles. The number of hydrogen-bond acceptors (Lipinski definition) is 2. The number of nitrogens with one attached hydrogen (secondary N) is 1. The summed E-state index contributed by atoms with van der Waals surface area (Å²) in [4.78, 5) is 16.4. The largest absolute Gasteiger partial charge is 0.355 e. The van der Waals surface area contributed by atoms with Crippen LogP contribution in [0.2, 0.25) is 0 Å². The lowest BCUT2D eigenvalue weighted by atomic mass is 9.82. The van der Waals surface area contributed by atoms with Gasteiger partial charge in [0.2, 0.25) is 5.91 Å². The molecule has 1 fully saturated rings. The first-order valence-electron chi connectivity index (χ1n) is 7.35. The quantitative estimate of drug-likeness (QED) is 0.904. The molecule has 1 N–H and O–H groups in total. The highest BCUT2D eigenvalue weighted by molar-refractivity contribution is 5.78. The molecule has 0 aliphatic heterocycles. The maximum absolute atomic E-state index is 12.1. The molecule has 1 aromatic rings. The zero-order valence-electron chi connectivity index (χ0n) is 12.0. The summed E-state index contributed by atoms with van der Waals surface area (Å²) in [6.45, 7) is 5.01. The lowest BCUT2D eigenvalue weighted by molar-refractivity contribution is -0.126. The van der Waals surface area contributed by atoms with Crippen molar-refractivity contribution in [3.05, 3.63) is 29.6 Å². The smallest absolute Gasteiger partial charge is 0.223 e. The second-order valence-corrected chi connectivity index (χ2v) is 5.78. The molecule has 0 saturated heterocycles. The normalized spacial score (nSPS) is 23.1. The summed E-state index contributed by atoms with van der Waals surface area (Å²) in [7, 11) is 0. The molecule has 2 unspecified atom stereocenters. The minimum absolute atomic E-state index is 0.230. The third kappa shape index (κ3) is 4.05. The van der Waals surface area contributed by atoms with Gasteiger partial charge in [0.25, 0.3) is 0 Å². The van der Waals surface area contributed by atoms with Crippen LogP contribution in [-0.2, 0) is 11.2 Å². The molecule has 104 valence electrons. The van der Waals surface area contributed by atoms with E-state index in [-0.39, 0.29) is 11.8 Å². The highest BCUT2D eigenvalue weighted by Crippen LogP contribution is 2.28. The van der Waals surface area contributed by atoms with E-state index in [0.29, 0.717) is 12.5 Å². The Hall–Kier alpha value is -1.38. The van der Waals surface area contributed by atoms with Gasteiger partial charge < -0.3 is 5.32 Å². The van der Waals surface area contributed by atoms with Crippen molar-refractivity contribution in [3.63, 3.8) is 0 Å². The second kappa shape index (κ2) is 6.69. The summed E-state index contributed by atoms with van der Waals surface area (Å²) in [6, 6.07) is 4.01. The van der Waals surface area contributed by atoms with Gasteiger partial charge in [-0.1, -0.05) is 25.8 Å². The molecule has 1 aromatic heterocycles. The van der Waals surface area contributed by atoms with E-state index in [9.17, 15) is 4.79 Å². The fourth-order valence-corrected chi connectivity index (χ4v) is 2.90. The van der Waals surface area contributed by atoms with E-state index in [2.05, 4.69) is 30.2 Å². The number of amides is 1. The number of hydrogen-bond donors (Lipinski definition) is 1. The molecule has 0 radical (unpaired) electrons. The molecule has 0 bridgehead atoms. The molecular formula is C16H24N2O. The number of aryl methyl sites for hydroxylation is 1. The molecule has 3 heteroatoms. The zero-order chi connectivity index (χ0) is 13.7. The monoisotopic (exact) mass is 260 g/mol. The second-order valence-electron chi connectivity index (χ2n) is 5.78. The van der Waals surface area contributed by atoms with Crippen molar-refractivity contribution >= 4 is 5.91 Å². The van der Waals surface area contributed by atoms with Crippen LogP contribution in [0.3, 0.4) is 0 Å². The SMILES string of the molecule is Cc1cccnc1CCNC(=O)C1CCCC(C)C1. The first-order chi connectivity index (χ1) is 9.16. The Morgan fingerprint density at radius 1 is 1.47 bits per heavy atom. The van der Waals surface area contributed by atoms with Crippen LogP contribution in [-0.4, -0.2) is 17.4 Å². The maximum atomic E-state index is 12.1. The molecule has 19 heavy (non-hydrogen) atoms. The summed E-state index contributed by atoms with van der Waals surface area (Å²) in [5, 5.41) is 3.07. The van der Waals surface area contributed by atoms with Gasteiger partial charge in [0.1, 0.15) is 0 Å². The Balaban J connectivity index is 1.76. The summed E-state index contributed by atoms with van der Waals surface area (Å²) in [6.07, 6.45) is 7.20. The maximum Gasteiger partial charge on any atom is 0.223 e. The van der Waals surface area contributed by atoms with Crippen molar-refractivity contribution in [2.75, 3.05) is 6.54 Å².